The molecule has 0 heterocycles. The molecule has 1 N–H and O–H groups in total. The number of nitrogens with zero attached hydrogens (tertiary/aromatic N) is 1. The lowest BCUT2D eigenvalue weighted by atomic mass is 10.1. The number of ether oxygens (including phenoxy) is 4. The Bertz CT molecular complexity index is 1150. The zero-order valence-corrected chi connectivity index (χ0v) is 18.1. The lowest BCUT2D eigenvalue weighted by molar-refractivity contribution is 0.0729. The van der Waals surface area contributed by atoms with E-state index in [2.05, 4.69) is 10.5 Å². The van der Waals surface area contributed by atoms with Crippen LogP contribution in [-0.4, -0.2) is 39.4 Å². The second-order valence-electron chi connectivity index (χ2n) is 6.55. The second-order valence-corrected chi connectivity index (χ2v) is 6.55. The minimum absolute atomic E-state index is 0.155. The Morgan fingerprint density at radius 1 is 0.909 bits per heavy atom. The summed E-state index contributed by atoms with van der Waals surface area (Å²) in [6.07, 6.45) is 1.42. The number of hydrogen-bond donors (Lipinski definition) is 1. The second kappa shape index (κ2) is 10.8. The van der Waals surface area contributed by atoms with E-state index in [1.54, 1.807) is 18.2 Å². The van der Waals surface area contributed by atoms with Gasteiger partial charge in [0.2, 0.25) is 5.75 Å². The Hall–Kier alpha value is -4.40. The number of rotatable bonds is 8. The number of benzene rings is 3. The predicted molar refractivity (Wildman–Crippen MR) is 119 cm³/mol. The van der Waals surface area contributed by atoms with E-state index in [0.29, 0.717) is 22.8 Å². The normalized spacial score (nSPS) is 10.5. The predicted octanol–water partition coefficient (Wildman–Crippen LogP) is 3.83. The van der Waals surface area contributed by atoms with Gasteiger partial charge >= 0.3 is 5.97 Å². The maximum Gasteiger partial charge on any atom is 0.346 e. The first-order valence-corrected chi connectivity index (χ1v) is 9.67. The van der Waals surface area contributed by atoms with Gasteiger partial charge in [-0.3, -0.25) is 4.79 Å². The smallest absolute Gasteiger partial charge is 0.346 e. The van der Waals surface area contributed by atoms with E-state index in [1.807, 2.05) is 0 Å². The highest BCUT2D eigenvalue weighted by atomic mass is 19.1. The molecule has 0 atom stereocenters. The van der Waals surface area contributed by atoms with Crippen LogP contribution in [0.1, 0.15) is 26.3 Å². The molecular weight excluding hydrogens is 431 g/mol. The van der Waals surface area contributed by atoms with Crippen molar-refractivity contribution in [2.75, 3.05) is 21.3 Å². The standard InChI is InChI=1S/C24H21FN2O6/c1-30-20-12-16(13-21(31-2)22(20)32-3)23(28)27-26-14-15-8-10-17(11-9-15)33-24(29)18-6-4-5-7-19(18)25/h4-14H,1-3H3,(H,27,28)/b26-14+. The maximum atomic E-state index is 13.7. The van der Waals surface area contributed by atoms with Crippen LogP contribution in [-0.2, 0) is 0 Å². The molecule has 0 spiro atoms. The third-order valence-corrected chi connectivity index (χ3v) is 4.49. The Morgan fingerprint density at radius 2 is 1.55 bits per heavy atom. The van der Waals surface area contributed by atoms with Gasteiger partial charge in [0, 0.05) is 5.56 Å². The summed E-state index contributed by atoms with van der Waals surface area (Å²) < 4.78 is 34.6. The topological polar surface area (TPSA) is 95.5 Å². The summed E-state index contributed by atoms with van der Waals surface area (Å²) in [5.74, 6) is -0.655. The first-order valence-electron chi connectivity index (χ1n) is 9.67. The highest BCUT2D eigenvalue weighted by Crippen LogP contribution is 2.38. The van der Waals surface area contributed by atoms with E-state index >= 15 is 0 Å². The zero-order chi connectivity index (χ0) is 23.8. The van der Waals surface area contributed by atoms with E-state index < -0.39 is 17.7 Å². The van der Waals surface area contributed by atoms with Gasteiger partial charge in [0.25, 0.3) is 5.91 Å². The van der Waals surface area contributed by atoms with Gasteiger partial charge in [-0.1, -0.05) is 12.1 Å². The largest absolute Gasteiger partial charge is 0.493 e. The molecule has 0 radical (unpaired) electrons. The summed E-state index contributed by atoms with van der Waals surface area (Å²) in [5, 5.41) is 3.93. The van der Waals surface area contributed by atoms with Crippen molar-refractivity contribution in [1.29, 1.82) is 0 Å². The van der Waals surface area contributed by atoms with Crippen molar-refractivity contribution >= 4 is 18.1 Å². The van der Waals surface area contributed by atoms with Crippen molar-refractivity contribution in [3.8, 4) is 23.0 Å². The van der Waals surface area contributed by atoms with Crippen LogP contribution in [0.3, 0.4) is 0 Å². The van der Waals surface area contributed by atoms with E-state index in [4.69, 9.17) is 18.9 Å². The fraction of sp³-hybridized carbons (Fsp3) is 0.125. The number of hydrogen-bond acceptors (Lipinski definition) is 7. The molecule has 3 rings (SSSR count). The molecule has 0 bridgehead atoms. The molecule has 0 aromatic heterocycles. The van der Waals surface area contributed by atoms with Crippen molar-refractivity contribution in [3.05, 3.63) is 83.2 Å². The minimum atomic E-state index is -0.799. The summed E-state index contributed by atoms with van der Waals surface area (Å²) in [4.78, 5) is 24.5. The van der Waals surface area contributed by atoms with Gasteiger partial charge in [-0.15, -0.1) is 0 Å². The number of methoxy groups -OCH3 is 3. The minimum Gasteiger partial charge on any atom is -0.493 e. The number of esters is 1. The van der Waals surface area contributed by atoms with Crippen molar-refractivity contribution in [3.63, 3.8) is 0 Å². The molecule has 0 aliphatic rings. The Labute approximate surface area is 189 Å². The highest BCUT2D eigenvalue weighted by molar-refractivity contribution is 5.96. The molecule has 3 aromatic rings. The first kappa shape index (κ1) is 23.3. The zero-order valence-electron chi connectivity index (χ0n) is 18.1. The van der Waals surface area contributed by atoms with Gasteiger partial charge in [-0.05, 0) is 54.1 Å². The average molecular weight is 452 g/mol. The monoisotopic (exact) mass is 452 g/mol. The molecule has 8 nitrogen and oxygen atoms in total. The SMILES string of the molecule is COc1cc(C(=O)N/N=C/c2ccc(OC(=O)c3ccccc3F)cc2)cc(OC)c1OC. The third-order valence-electron chi connectivity index (χ3n) is 4.49. The Balaban J connectivity index is 1.63. The Kier molecular flexibility index (Phi) is 7.59. The molecule has 9 heteroatoms. The molecule has 1 amide bonds. The van der Waals surface area contributed by atoms with Crippen molar-refractivity contribution in [2.45, 2.75) is 0 Å². The molecule has 0 aliphatic heterocycles. The van der Waals surface area contributed by atoms with Crippen molar-refractivity contribution < 1.29 is 32.9 Å². The molecule has 0 fully saturated rings. The quantitative estimate of drug-likeness (QED) is 0.242. The summed E-state index contributed by atoms with van der Waals surface area (Å²) in [7, 11) is 4.37. The van der Waals surface area contributed by atoms with E-state index in [-0.39, 0.29) is 16.9 Å². The fourth-order valence-electron chi connectivity index (χ4n) is 2.85. The third kappa shape index (κ3) is 5.65. The van der Waals surface area contributed by atoms with Gasteiger partial charge in [0.1, 0.15) is 11.6 Å². The van der Waals surface area contributed by atoms with Gasteiger partial charge in [-0.25, -0.2) is 14.6 Å². The Morgan fingerprint density at radius 3 is 2.12 bits per heavy atom. The van der Waals surface area contributed by atoms with Gasteiger partial charge in [-0.2, -0.15) is 5.10 Å². The first-order chi connectivity index (χ1) is 16.0. The van der Waals surface area contributed by atoms with Crippen LogP contribution in [0.25, 0.3) is 0 Å². The van der Waals surface area contributed by atoms with Crippen LogP contribution in [0.4, 0.5) is 4.39 Å². The van der Waals surface area contributed by atoms with Crippen LogP contribution < -0.4 is 24.4 Å². The van der Waals surface area contributed by atoms with E-state index in [1.165, 1.54) is 70.0 Å². The van der Waals surface area contributed by atoms with Crippen LogP contribution in [0.2, 0.25) is 0 Å². The average Bonchev–Trinajstić information content (AvgIpc) is 2.84. The molecular formula is C24H21FN2O6. The van der Waals surface area contributed by atoms with Gasteiger partial charge in [0.15, 0.2) is 11.5 Å². The lowest BCUT2D eigenvalue weighted by Gasteiger charge is -2.13. The van der Waals surface area contributed by atoms with Crippen LogP contribution in [0.5, 0.6) is 23.0 Å². The summed E-state index contributed by atoms with van der Waals surface area (Å²) in [6.45, 7) is 0. The maximum absolute atomic E-state index is 13.7. The summed E-state index contributed by atoms with van der Waals surface area (Å²) in [5.41, 5.74) is 3.15. The molecule has 33 heavy (non-hydrogen) atoms. The molecule has 0 saturated heterocycles. The number of carbonyl (C=O) groups is 2. The fourth-order valence-corrected chi connectivity index (χ4v) is 2.85. The number of amides is 1. The van der Waals surface area contributed by atoms with Crippen molar-refractivity contribution in [2.24, 2.45) is 5.10 Å². The number of halogens is 1. The highest BCUT2D eigenvalue weighted by Gasteiger charge is 2.17. The van der Waals surface area contributed by atoms with E-state index in [9.17, 15) is 14.0 Å². The summed E-state index contributed by atoms with van der Waals surface area (Å²) in [6, 6.07) is 14.9. The van der Waals surface area contributed by atoms with E-state index in [0.717, 1.165) is 0 Å². The number of nitrogens with one attached hydrogen (secondary N) is 1. The molecule has 3 aromatic carbocycles. The van der Waals surface area contributed by atoms with Gasteiger partial charge < -0.3 is 18.9 Å². The van der Waals surface area contributed by atoms with Crippen LogP contribution in [0.15, 0.2) is 65.8 Å². The molecule has 0 unspecified atom stereocenters. The lowest BCUT2D eigenvalue weighted by Crippen LogP contribution is -2.18. The summed E-state index contributed by atoms with van der Waals surface area (Å²) >= 11 is 0. The number of carbonyl (C=O) groups excluding carboxylic acids is 2. The molecule has 0 aliphatic carbocycles. The van der Waals surface area contributed by atoms with Crippen LogP contribution in [0, 0.1) is 5.82 Å². The number of hydrazone groups is 1. The van der Waals surface area contributed by atoms with Crippen LogP contribution >= 0.6 is 0 Å². The van der Waals surface area contributed by atoms with Crippen molar-refractivity contribution in [1.82, 2.24) is 5.43 Å². The molecule has 0 saturated carbocycles. The van der Waals surface area contributed by atoms with Gasteiger partial charge in [0.05, 0.1) is 33.1 Å². The molecule has 170 valence electrons.